The third kappa shape index (κ3) is 4.61. The zero-order chi connectivity index (χ0) is 12.9. The van der Waals surface area contributed by atoms with Crippen LogP contribution in [0.2, 0.25) is 0 Å². The van der Waals surface area contributed by atoms with E-state index < -0.39 is 17.9 Å². The maximum atomic E-state index is 11.2. The van der Waals surface area contributed by atoms with Crippen LogP contribution in [0, 0.1) is 0 Å². The predicted molar refractivity (Wildman–Crippen MR) is 62.0 cm³/mol. The van der Waals surface area contributed by atoms with Gasteiger partial charge in [0.25, 0.3) is 0 Å². The van der Waals surface area contributed by atoms with Crippen LogP contribution in [-0.4, -0.2) is 40.0 Å². The fraction of sp³-hybridized carbons (Fsp3) is 0.818. The first kappa shape index (κ1) is 14.9. The molecule has 0 radical (unpaired) electrons. The number of nitrogens with zero attached hydrogens (tertiary/aromatic N) is 1. The van der Waals surface area contributed by atoms with Crippen molar-refractivity contribution in [3.63, 3.8) is 0 Å². The average Bonchev–Trinajstić information content (AvgIpc) is 2.09. The van der Waals surface area contributed by atoms with E-state index in [-0.39, 0.29) is 24.9 Å². The molecule has 0 bridgehead atoms. The SMILES string of the molecule is CC(C)N(C(C)C)C(CCC(N)=O)C(=O)O. The Morgan fingerprint density at radius 1 is 1.19 bits per heavy atom. The Bertz CT molecular complexity index is 244. The van der Waals surface area contributed by atoms with Gasteiger partial charge >= 0.3 is 5.97 Å². The second-order valence-electron chi connectivity index (χ2n) is 4.49. The zero-order valence-electron chi connectivity index (χ0n) is 10.4. The summed E-state index contributed by atoms with van der Waals surface area (Å²) in [4.78, 5) is 23.7. The molecule has 0 aliphatic rings. The summed E-state index contributed by atoms with van der Waals surface area (Å²) < 4.78 is 0. The normalized spacial score (nSPS) is 13.4. The van der Waals surface area contributed by atoms with Crippen molar-refractivity contribution in [2.75, 3.05) is 0 Å². The van der Waals surface area contributed by atoms with E-state index in [1.165, 1.54) is 0 Å². The number of carbonyl (C=O) groups excluding carboxylic acids is 1. The summed E-state index contributed by atoms with van der Waals surface area (Å²) in [6, 6.07) is -0.407. The molecular weight excluding hydrogens is 208 g/mol. The van der Waals surface area contributed by atoms with Gasteiger partial charge in [0.05, 0.1) is 0 Å². The van der Waals surface area contributed by atoms with E-state index in [9.17, 15) is 9.59 Å². The molecule has 0 saturated carbocycles. The lowest BCUT2D eigenvalue weighted by Crippen LogP contribution is -2.49. The lowest BCUT2D eigenvalue weighted by Gasteiger charge is -2.35. The molecule has 0 fully saturated rings. The van der Waals surface area contributed by atoms with Gasteiger partial charge in [0.15, 0.2) is 0 Å². The molecule has 1 unspecified atom stereocenters. The number of aliphatic carboxylic acids is 1. The molecule has 0 saturated heterocycles. The van der Waals surface area contributed by atoms with Gasteiger partial charge in [0, 0.05) is 18.5 Å². The number of hydrogen-bond donors (Lipinski definition) is 2. The van der Waals surface area contributed by atoms with Crippen molar-refractivity contribution in [1.29, 1.82) is 0 Å². The van der Waals surface area contributed by atoms with Crippen molar-refractivity contribution in [3.8, 4) is 0 Å². The molecule has 94 valence electrons. The van der Waals surface area contributed by atoms with Crippen molar-refractivity contribution < 1.29 is 14.7 Å². The van der Waals surface area contributed by atoms with E-state index in [4.69, 9.17) is 10.8 Å². The minimum absolute atomic E-state index is 0.104. The third-order valence-corrected chi connectivity index (χ3v) is 2.50. The Morgan fingerprint density at radius 2 is 1.62 bits per heavy atom. The van der Waals surface area contributed by atoms with Crippen LogP contribution >= 0.6 is 0 Å². The Labute approximate surface area is 96.6 Å². The molecule has 16 heavy (non-hydrogen) atoms. The Balaban J connectivity index is 4.71. The predicted octanol–water partition coefficient (Wildman–Crippen LogP) is 0.824. The molecule has 0 aromatic carbocycles. The number of rotatable bonds is 7. The number of amides is 1. The minimum atomic E-state index is -0.899. The van der Waals surface area contributed by atoms with Crippen LogP contribution in [0.3, 0.4) is 0 Å². The number of nitrogens with two attached hydrogens (primary N) is 1. The number of carbonyl (C=O) groups is 2. The molecule has 0 heterocycles. The highest BCUT2D eigenvalue weighted by Crippen LogP contribution is 2.15. The summed E-state index contributed by atoms with van der Waals surface area (Å²) in [5.74, 6) is -1.36. The molecule has 0 aliphatic carbocycles. The summed E-state index contributed by atoms with van der Waals surface area (Å²) in [6.07, 6.45) is 0.369. The van der Waals surface area contributed by atoms with Crippen molar-refractivity contribution in [3.05, 3.63) is 0 Å². The first-order valence-electron chi connectivity index (χ1n) is 5.56. The second-order valence-corrected chi connectivity index (χ2v) is 4.49. The van der Waals surface area contributed by atoms with Gasteiger partial charge in [-0.2, -0.15) is 0 Å². The summed E-state index contributed by atoms with van der Waals surface area (Å²) in [5.41, 5.74) is 5.04. The first-order valence-corrected chi connectivity index (χ1v) is 5.56. The average molecular weight is 230 g/mol. The maximum absolute atomic E-state index is 11.2. The largest absolute Gasteiger partial charge is 0.480 e. The highest BCUT2D eigenvalue weighted by atomic mass is 16.4. The van der Waals surface area contributed by atoms with Gasteiger partial charge in [-0.1, -0.05) is 0 Å². The van der Waals surface area contributed by atoms with E-state index in [1.807, 2.05) is 32.6 Å². The topological polar surface area (TPSA) is 83.6 Å². The summed E-state index contributed by atoms with van der Waals surface area (Å²) in [6.45, 7) is 7.78. The summed E-state index contributed by atoms with van der Waals surface area (Å²) in [7, 11) is 0. The van der Waals surface area contributed by atoms with Gasteiger partial charge in [-0.3, -0.25) is 14.5 Å². The molecular formula is C11H22N2O3. The quantitative estimate of drug-likeness (QED) is 0.678. The van der Waals surface area contributed by atoms with Gasteiger partial charge in [-0.05, 0) is 34.1 Å². The first-order chi connectivity index (χ1) is 7.27. The van der Waals surface area contributed by atoms with Gasteiger partial charge < -0.3 is 10.8 Å². The van der Waals surface area contributed by atoms with Crippen LogP contribution in [0.1, 0.15) is 40.5 Å². The van der Waals surface area contributed by atoms with Crippen molar-refractivity contribution in [2.45, 2.75) is 58.7 Å². The number of carboxylic acids is 1. The Kier molecular flexibility index (Phi) is 6.03. The van der Waals surface area contributed by atoms with Crippen LogP contribution in [0.5, 0.6) is 0 Å². The molecule has 0 aliphatic heterocycles. The molecule has 0 rings (SSSR count). The van der Waals surface area contributed by atoms with Crippen molar-refractivity contribution >= 4 is 11.9 Å². The number of hydrogen-bond acceptors (Lipinski definition) is 3. The summed E-state index contributed by atoms with van der Waals surface area (Å²) >= 11 is 0. The van der Waals surface area contributed by atoms with Gasteiger partial charge in [-0.25, -0.2) is 0 Å². The molecule has 5 heteroatoms. The van der Waals surface area contributed by atoms with Gasteiger partial charge in [-0.15, -0.1) is 0 Å². The van der Waals surface area contributed by atoms with Crippen LogP contribution in [-0.2, 0) is 9.59 Å². The van der Waals surface area contributed by atoms with Crippen molar-refractivity contribution in [1.82, 2.24) is 4.90 Å². The monoisotopic (exact) mass is 230 g/mol. The molecule has 0 spiro atoms. The van der Waals surface area contributed by atoms with E-state index in [1.54, 1.807) is 0 Å². The van der Waals surface area contributed by atoms with Crippen molar-refractivity contribution in [2.24, 2.45) is 5.73 Å². The van der Waals surface area contributed by atoms with E-state index >= 15 is 0 Å². The maximum Gasteiger partial charge on any atom is 0.320 e. The van der Waals surface area contributed by atoms with Crippen LogP contribution < -0.4 is 5.73 Å². The fourth-order valence-corrected chi connectivity index (χ4v) is 2.00. The lowest BCUT2D eigenvalue weighted by atomic mass is 10.1. The minimum Gasteiger partial charge on any atom is -0.480 e. The zero-order valence-corrected chi connectivity index (χ0v) is 10.4. The molecule has 0 aromatic heterocycles. The van der Waals surface area contributed by atoms with Crippen LogP contribution in [0.15, 0.2) is 0 Å². The highest BCUT2D eigenvalue weighted by Gasteiger charge is 2.29. The van der Waals surface area contributed by atoms with E-state index in [0.717, 1.165) is 0 Å². The van der Waals surface area contributed by atoms with E-state index in [0.29, 0.717) is 0 Å². The number of primary amides is 1. The Hall–Kier alpha value is -1.10. The fourth-order valence-electron chi connectivity index (χ4n) is 2.00. The van der Waals surface area contributed by atoms with Crippen LogP contribution in [0.4, 0.5) is 0 Å². The smallest absolute Gasteiger partial charge is 0.320 e. The summed E-state index contributed by atoms with van der Waals surface area (Å²) in [5, 5.41) is 9.16. The molecule has 1 amide bonds. The van der Waals surface area contributed by atoms with Gasteiger partial charge in [0.2, 0.25) is 5.91 Å². The standard InChI is InChI=1S/C11H22N2O3/c1-7(2)13(8(3)4)9(11(15)16)5-6-10(12)14/h7-9H,5-6H2,1-4H3,(H2,12,14)(H,15,16). The number of carboxylic acid groups (broad SMARTS) is 1. The van der Waals surface area contributed by atoms with Crippen LogP contribution in [0.25, 0.3) is 0 Å². The molecule has 3 N–H and O–H groups in total. The molecule has 1 atom stereocenters. The lowest BCUT2D eigenvalue weighted by molar-refractivity contribution is -0.145. The Morgan fingerprint density at radius 3 is 1.88 bits per heavy atom. The molecule has 5 nitrogen and oxygen atoms in total. The third-order valence-electron chi connectivity index (χ3n) is 2.50. The van der Waals surface area contributed by atoms with Gasteiger partial charge in [0.1, 0.15) is 6.04 Å². The molecule has 0 aromatic rings. The van der Waals surface area contributed by atoms with E-state index in [2.05, 4.69) is 0 Å². The second kappa shape index (κ2) is 6.48. The highest BCUT2D eigenvalue weighted by molar-refractivity contribution is 5.77.